The molecule has 5 rings (SSSR count). The molecular formula is C23H24FN7O4S. The number of nitrogens with zero attached hydrogens (tertiary/aromatic N) is 5. The summed E-state index contributed by atoms with van der Waals surface area (Å²) in [5, 5.41) is 12.7. The number of piperazine rings is 1. The lowest BCUT2D eigenvalue weighted by atomic mass is 10.1. The molecule has 1 fully saturated rings. The van der Waals surface area contributed by atoms with Gasteiger partial charge in [0.25, 0.3) is 5.91 Å². The van der Waals surface area contributed by atoms with E-state index in [0.717, 1.165) is 32.2 Å². The summed E-state index contributed by atoms with van der Waals surface area (Å²) >= 11 is 0. The van der Waals surface area contributed by atoms with E-state index in [0.29, 0.717) is 16.9 Å². The maximum absolute atomic E-state index is 13.6. The van der Waals surface area contributed by atoms with Crippen molar-refractivity contribution in [1.82, 2.24) is 19.4 Å². The topological polar surface area (TPSA) is 131 Å². The number of nitroso groups, excluding NO2 is 1. The van der Waals surface area contributed by atoms with Crippen LogP contribution in [-0.4, -0.2) is 67.0 Å². The molecule has 0 unspecified atom stereocenters. The average molecular weight is 514 g/mol. The van der Waals surface area contributed by atoms with Crippen LogP contribution in [0.25, 0.3) is 0 Å². The number of sulfonamides is 1. The predicted octanol–water partition coefficient (Wildman–Crippen LogP) is 2.66. The molecule has 0 saturated carbocycles. The van der Waals surface area contributed by atoms with Gasteiger partial charge in [0.2, 0.25) is 10.0 Å². The van der Waals surface area contributed by atoms with Crippen molar-refractivity contribution in [3.63, 3.8) is 0 Å². The van der Waals surface area contributed by atoms with Gasteiger partial charge >= 0.3 is 0 Å². The van der Waals surface area contributed by atoms with Crippen LogP contribution in [-0.2, 0) is 23.1 Å². The molecule has 0 atom stereocenters. The number of benzene rings is 2. The van der Waals surface area contributed by atoms with Gasteiger partial charge in [0, 0.05) is 43.9 Å². The van der Waals surface area contributed by atoms with Gasteiger partial charge < -0.3 is 15.1 Å². The van der Waals surface area contributed by atoms with E-state index < -0.39 is 21.7 Å². The van der Waals surface area contributed by atoms with Crippen molar-refractivity contribution in [1.29, 1.82) is 0 Å². The molecule has 2 N–H and O–H groups in total. The molecule has 1 amide bonds. The normalized spacial score (nSPS) is 16.7. The van der Waals surface area contributed by atoms with Crippen LogP contribution >= 0.6 is 0 Å². The smallest absolute Gasteiger partial charge is 0.256 e. The first-order chi connectivity index (χ1) is 17.3. The van der Waals surface area contributed by atoms with E-state index in [1.807, 2.05) is 7.05 Å². The third kappa shape index (κ3) is 4.47. The number of fused-ring (bicyclic) bond motifs is 1. The number of hydrogen-bond donors (Lipinski definition) is 2. The van der Waals surface area contributed by atoms with Crippen LogP contribution in [0, 0.1) is 10.7 Å². The lowest BCUT2D eigenvalue weighted by molar-refractivity contribution is 0.102. The van der Waals surface area contributed by atoms with Crippen molar-refractivity contribution in [2.45, 2.75) is 18.0 Å². The zero-order valence-corrected chi connectivity index (χ0v) is 20.3. The van der Waals surface area contributed by atoms with E-state index in [-0.39, 0.29) is 35.1 Å². The number of likely N-dealkylation sites (N-methyl/N-ethyl adjacent to an activating group) is 1. The summed E-state index contributed by atoms with van der Waals surface area (Å²) in [6, 6.07) is 9.56. The number of anilines is 2. The highest BCUT2D eigenvalue weighted by Gasteiger charge is 2.34. The fourth-order valence-electron chi connectivity index (χ4n) is 4.39. The van der Waals surface area contributed by atoms with Crippen molar-refractivity contribution < 1.29 is 17.6 Å². The van der Waals surface area contributed by atoms with Crippen LogP contribution in [0.2, 0.25) is 0 Å². The molecular weight excluding hydrogens is 489 g/mol. The fraction of sp³-hybridized carbons (Fsp3) is 0.304. The number of amides is 1. The quantitative estimate of drug-likeness (QED) is 0.485. The van der Waals surface area contributed by atoms with Crippen molar-refractivity contribution in [3.8, 4) is 0 Å². The van der Waals surface area contributed by atoms with E-state index >= 15 is 0 Å². The summed E-state index contributed by atoms with van der Waals surface area (Å²) in [5.41, 5.74) is 2.12. The molecule has 2 aliphatic rings. The van der Waals surface area contributed by atoms with E-state index in [1.54, 1.807) is 12.1 Å². The second-order valence-corrected chi connectivity index (χ2v) is 10.7. The second-order valence-electron chi connectivity index (χ2n) is 8.80. The Kier molecular flexibility index (Phi) is 6.28. The number of halogens is 1. The molecule has 1 aromatic heterocycles. The van der Waals surface area contributed by atoms with Gasteiger partial charge in [-0.15, -0.1) is 4.91 Å². The Morgan fingerprint density at radius 2 is 1.89 bits per heavy atom. The average Bonchev–Trinajstić information content (AvgIpc) is 3.47. The van der Waals surface area contributed by atoms with E-state index in [2.05, 4.69) is 30.5 Å². The largest absolute Gasteiger partial charge is 0.367 e. The molecule has 36 heavy (non-hydrogen) atoms. The Balaban J connectivity index is 1.32. The summed E-state index contributed by atoms with van der Waals surface area (Å²) in [4.78, 5) is 28.6. The molecule has 3 aromatic rings. The molecule has 0 bridgehead atoms. The Labute approximate surface area is 206 Å². The van der Waals surface area contributed by atoms with Crippen molar-refractivity contribution in [2.75, 3.05) is 43.4 Å². The second kappa shape index (κ2) is 9.41. The first-order valence-electron chi connectivity index (χ1n) is 11.3. The van der Waals surface area contributed by atoms with Crippen LogP contribution in [0.4, 0.5) is 21.6 Å². The van der Waals surface area contributed by atoms with E-state index in [4.69, 9.17) is 0 Å². The molecule has 0 aliphatic carbocycles. The molecule has 11 nitrogen and oxygen atoms in total. The zero-order valence-electron chi connectivity index (χ0n) is 19.4. The van der Waals surface area contributed by atoms with Crippen molar-refractivity contribution in [3.05, 3.63) is 70.0 Å². The van der Waals surface area contributed by atoms with Gasteiger partial charge in [-0.1, -0.05) is 6.07 Å². The zero-order chi connectivity index (χ0) is 25.4. The summed E-state index contributed by atoms with van der Waals surface area (Å²) in [7, 11) is -1.91. The van der Waals surface area contributed by atoms with Crippen LogP contribution in [0.3, 0.4) is 0 Å². The van der Waals surface area contributed by atoms with Gasteiger partial charge in [0.1, 0.15) is 11.5 Å². The van der Waals surface area contributed by atoms with Gasteiger partial charge in [-0.2, -0.15) is 9.40 Å². The summed E-state index contributed by atoms with van der Waals surface area (Å²) in [5.74, 6) is -0.965. The molecule has 2 aliphatic heterocycles. The number of aromatic nitrogens is 2. The maximum Gasteiger partial charge on any atom is 0.256 e. The van der Waals surface area contributed by atoms with Crippen LogP contribution in [0.15, 0.2) is 52.5 Å². The molecule has 0 radical (unpaired) electrons. The van der Waals surface area contributed by atoms with Crippen LogP contribution < -0.4 is 10.2 Å². The van der Waals surface area contributed by atoms with E-state index in [9.17, 15) is 22.5 Å². The Bertz CT molecular complexity index is 1430. The summed E-state index contributed by atoms with van der Waals surface area (Å²) in [6.07, 6.45) is 0. The van der Waals surface area contributed by atoms with Gasteiger partial charge in [0.15, 0.2) is 5.82 Å². The lowest BCUT2D eigenvalue weighted by Gasteiger charge is -2.34. The highest BCUT2D eigenvalue weighted by atomic mass is 32.2. The van der Waals surface area contributed by atoms with Crippen LogP contribution in [0.5, 0.6) is 0 Å². The SMILES string of the molecule is CN1CCN(c2ccc(C(=O)Nc3n[nH]c4c3CN(S(=O)(=O)c3cccc(F)c3)C4)cc2N=O)CC1. The Morgan fingerprint density at radius 3 is 2.61 bits per heavy atom. The predicted molar refractivity (Wildman–Crippen MR) is 131 cm³/mol. The first-order valence-corrected chi connectivity index (χ1v) is 12.7. The number of aromatic amines is 1. The van der Waals surface area contributed by atoms with Gasteiger partial charge in [-0.05, 0) is 48.6 Å². The number of rotatable bonds is 6. The van der Waals surface area contributed by atoms with Gasteiger partial charge in [-0.3, -0.25) is 9.89 Å². The molecule has 188 valence electrons. The monoisotopic (exact) mass is 513 g/mol. The standard InChI is InChI=1S/C23H24FN7O4S/c1-29-7-9-30(10-8-29)21-6-5-15(11-19(21)28-33)23(32)25-22-18-13-31(14-20(18)26-27-22)36(34,35)17-4-2-3-16(24)12-17/h2-6,11-12H,7-10,13-14H2,1H3,(H2,25,26,27,32). The minimum absolute atomic E-state index is 0.00990. The minimum atomic E-state index is -3.95. The number of hydrogen-bond acceptors (Lipinski definition) is 8. The Hall–Kier alpha value is -3.68. The molecule has 2 aromatic carbocycles. The fourth-order valence-corrected chi connectivity index (χ4v) is 5.80. The van der Waals surface area contributed by atoms with Gasteiger partial charge in [0.05, 0.1) is 22.8 Å². The number of H-pyrrole nitrogens is 1. The van der Waals surface area contributed by atoms with Crippen molar-refractivity contribution >= 4 is 33.1 Å². The number of carbonyl (C=O) groups is 1. The molecule has 1 saturated heterocycles. The van der Waals surface area contributed by atoms with Gasteiger partial charge in [-0.25, -0.2) is 12.8 Å². The third-order valence-corrected chi connectivity index (χ3v) is 8.26. The van der Waals surface area contributed by atoms with Crippen LogP contribution in [0.1, 0.15) is 21.6 Å². The minimum Gasteiger partial charge on any atom is -0.367 e. The Morgan fingerprint density at radius 1 is 1.11 bits per heavy atom. The lowest BCUT2D eigenvalue weighted by Crippen LogP contribution is -2.44. The molecule has 0 spiro atoms. The van der Waals surface area contributed by atoms with E-state index in [1.165, 1.54) is 28.6 Å². The highest BCUT2D eigenvalue weighted by Crippen LogP contribution is 2.33. The molecule has 13 heteroatoms. The summed E-state index contributed by atoms with van der Waals surface area (Å²) in [6.45, 7) is 3.19. The first kappa shape index (κ1) is 24.0. The highest BCUT2D eigenvalue weighted by molar-refractivity contribution is 7.89. The maximum atomic E-state index is 13.6. The summed E-state index contributed by atoms with van der Waals surface area (Å²) < 4.78 is 40.7. The molecule has 3 heterocycles. The number of nitrogens with one attached hydrogen (secondary N) is 2. The number of carbonyl (C=O) groups excluding carboxylic acids is 1. The third-order valence-electron chi connectivity index (χ3n) is 6.47. The van der Waals surface area contributed by atoms with Crippen molar-refractivity contribution in [2.24, 2.45) is 5.18 Å².